The Bertz CT molecular complexity index is 596. The van der Waals surface area contributed by atoms with Gasteiger partial charge in [0.1, 0.15) is 5.69 Å². The lowest BCUT2D eigenvalue weighted by Gasteiger charge is -2.32. The molecule has 120 valence electrons. The Hall–Kier alpha value is -1.75. The smallest absolute Gasteiger partial charge is 0.339 e. The fourth-order valence-corrected chi connectivity index (χ4v) is 2.34. The van der Waals surface area contributed by atoms with Crippen molar-refractivity contribution >= 4 is 33.3 Å². The van der Waals surface area contributed by atoms with Crippen LogP contribution in [0.25, 0.3) is 0 Å². The third-order valence-electron chi connectivity index (χ3n) is 2.95. The third kappa shape index (κ3) is 3.53. The number of nitro groups is 1. The first-order chi connectivity index (χ1) is 10.4. The van der Waals surface area contributed by atoms with Crippen LogP contribution >= 0.6 is 15.9 Å². The number of ether oxygens (including phenoxy) is 2. The second-order valence-electron chi connectivity index (χ2n) is 4.50. The van der Waals surface area contributed by atoms with Gasteiger partial charge in [-0.05, 0) is 28.9 Å². The molecule has 0 amide bonds. The number of hydrogen-bond acceptors (Lipinski definition) is 8. The molecule has 2 rings (SSSR count). The number of carbonyl (C=O) groups excluding carboxylic acids is 1. The maximum atomic E-state index is 11.6. The van der Waals surface area contributed by atoms with Gasteiger partial charge in [0, 0.05) is 10.5 Å². The quantitative estimate of drug-likeness (QED) is 0.484. The highest BCUT2D eigenvalue weighted by Gasteiger charge is 2.26. The molecule has 1 aromatic carbocycles. The van der Waals surface area contributed by atoms with Crippen LogP contribution in [0.2, 0.25) is 0 Å². The van der Waals surface area contributed by atoms with E-state index in [2.05, 4.69) is 26.1 Å². The van der Waals surface area contributed by atoms with Crippen molar-refractivity contribution in [1.29, 1.82) is 0 Å². The van der Waals surface area contributed by atoms with E-state index >= 15 is 0 Å². The summed E-state index contributed by atoms with van der Waals surface area (Å²) < 4.78 is 10.1. The minimum Gasteiger partial charge on any atom is -0.465 e. The first-order valence-corrected chi connectivity index (χ1v) is 7.06. The molecule has 9 nitrogen and oxygen atoms in total. The summed E-state index contributed by atoms with van der Waals surface area (Å²) in [6.45, 7) is 2.30. The largest absolute Gasteiger partial charge is 0.465 e. The van der Waals surface area contributed by atoms with Gasteiger partial charge in [-0.15, -0.1) is 0 Å². The Morgan fingerprint density at radius 1 is 1.59 bits per heavy atom. The fourth-order valence-electron chi connectivity index (χ4n) is 1.84. The Morgan fingerprint density at radius 2 is 2.32 bits per heavy atom. The number of anilines is 1. The minimum atomic E-state index is -0.669. The highest BCUT2D eigenvalue weighted by Crippen LogP contribution is 2.32. The van der Waals surface area contributed by atoms with Gasteiger partial charge in [-0.2, -0.15) is 0 Å². The number of carbonyl (C=O) groups is 1. The van der Waals surface area contributed by atoms with Crippen molar-refractivity contribution in [3.63, 3.8) is 0 Å². The summed E-state index contributed by atoms with van der Waals surface area (Å²) in [5, 5.41) is 12.6. The lowest BCUT2D eigenvalue weighted by Crippen LogP contribution is -2.45. The van der Waals surface area contributed by atoms with E-state index in [0.717, 1.165) is 6.07 Å². The fraction of sp³-hybridized carbons (Fsp3) is 0.417. The molecule has 1 fully saturated rings. The molecule has 1 heterocycles. The zero-order valence-corrected chi connectivity index (χ0v) is 13.5. The number of benzene rings is 1. The molecule has 0 radical (unpaired) electrons. The molecule has 22 heavy (non-hydrogen) atoms. The Morgan fingerprint density at radius 3 is 2.91 bits per heavy atom. The van der Waals surface area contributed by atoms with Gasteiger partial charge in [-0.1, -0.05) is 5.17 Å². The molecule has 1 aliphatic rings. The zero-order valence-electron chi connectivity index (χ0n) is 11.9. The summed E-state index contributed by atoms with van der Waals surface area (Å²) in [6.07, 6.45) is 0. The minimum absolute atomic E-state index is 0.0482. The van der Waals surface area contributed by atoms with E-state index in [0.29, 0.717) is 11.1 Å². The van der Waals surface area contributed by atoms with E-state index in [1.165, 1.54) is 18.3 Å². The topological polar surface area (TPSA) is 103 Å². The van der Waals surface area contributed by atoms with Gasteiger partial charge in [0.05, 0.1) is 30.2 Å². The molecule has 1 saturated heterocycles. The molecule has 0 aromatic heterocycles. The Kier molecular flexibility index (Phi) is 5.29. The average molecular weight is 376 g/mol. The average Bonchev–Trinajstić information content (AvgIpc) is 2.48. The third-order valence-corrected chi connectivity index (χ3v) is 3.61. The lowest BCUT2D eigenvalue weighted by atomic mass is 10.1. The molecule has 1 unspecified atom stereocenters. The van der Waals surface area contributed by atoms with E-state index < -0.39 is 10.9 Å². The number of hydrogen-bond donors (Lipinski definition) is 1. The van der Waals surface area contributed by atoms with Crippen molar-refractivity contribution in [2.45, 2.75) is 13.0 Å². The summed E-state index contributed by atoms with van der Waals surface area (Å²) in [4.78, 5) is 27.5. The summed E-state index contributed by atoms with van der Waals surface area (Å²) in [5.41, 5.74) is 2.78. The van der Waals surface area contributed by atoms with Gasteiger partial charge in [-0.3, -0.25) is 20.4 Å². The van der Waals surface area contributed by atoms with Gasteiger partial charge in [0.2, 0.25) is 0 Å². The standard InChI is InChI=1S/C12H14BrN3O6/c1-7-5-21-6-22-15(7)14-10-4-9(13)8(12(17)20-2)3-11(10)16(18)19/h3-4,7,14H,5-6H2,1-2H3. The van der Waals surface area contributed by atoms with Crippen molar-refractivity contribution in [2.75, 3.05) is 25.9 Å². The zero-order chi connectivity index (χ0) is 16.3. The summed E-state index contributed by atoms with van der Waals surface area (Å²) in [6, 6.07) is 2.42. The number of hydrazine groups is 1. The number of rotatable bonds is 4. The maximum absolute atomic E-state index is 11.6. The highest BCUT2D eigenvalue weighted by atomic mass is 79.9. The van der Waals surface area contributed by atoms with Crippen LogP contribution in [0.1, 0.15) is 17.3 Å². The second kappa shape index (κ2) is 7.01. The number of nitrogens with zero attached hydrogens (tertiary/aromatic N) is 2. The SMILES string of the molecule is COC(=O)c1cc([N+](=O)[O-])c(NN2OCOCC2C)cc1Br. The molecule has 10 heteroatoms. The van der Waals surface area contributed by atoms with Crippen LogP contribution in [0.3, 0.4) is 0 Å². The van der Waals surface area contributed by atoms with E-state index in [-0.39, 0.29) is 29.8 Å². The predicted molar refractivity (Wildman–Crippen MR) is 79.0 cm³/mol. The maximum Gasteiger partial charge on any atom is 0.339 e. The molecular weight excluding hydrogens is 362 g/mol. The lowest BCUT2D eigenvalue weighted by molar-refractivity contribution is -0.384. The Labute approximate surface area is 134 Å². The number of nitro benzene ring substituents is 1. The summed E-state index contributed by atoms with van der Waals surface area (Å²) in [5.74, 6) is -0.669. The van der Waals surface area contributed by atoms with Crippen LogP contribution in [0.5, 0.6) is 0 Å². The van der Waals surface area contributed by atoms with Gasteiger partial charge in [0.15, 0.2) is 6.79 Å². The van der Waals surface area contributed by atoms with Crippen LogP contribution in [0.4, 0.5) is 11.4 Å². The van der Waals surface area contributed by atoms with Crippen LogP contribution in [0.15, 0.2) is 16.6 Å². The van der Waals surface area contributed by atoms with E-state index in [1.807, 2.05) is 6.92 Å². The van der Waals surface area contributed by atoms with Crippen molar-refractivity contribution < 1.29 is 24.0 Å². The number of esters is 1. The molecule has 0 bridgehead atoms. The number of nitrogens with one attached hydrogen (secondary N) is 1. The van der Waals surface area contributed by atoms with Gasteiger partial charge < -0.3 is 9.47 Å². The van der Waals surface area contributed by atoms with Crippen LogP contribution in [-0.4, -0.2) is 42.6 Å². The van der Waals surface area contributed by atoms with E-state index in [1.54, 1.807) is 0 Å². The number of halogens is 1. The van der Waals surface area contributed by atoms with E-state index in [4.69, 9.17) is 9.57 Å². The molecule has 0 aliphatic carbocycles. The highest BCUT2D eigenvalue weighted by molar-refractivity contribution is 9.10. The predicted octanol–water partition coefficient (Wildman–Crippen LogP) is 2.08. The second-order valence-corrected chi connectivity index (χ2v) is 5.36. The van der Waals surface area contributed by atoms with Crippen molar-refractivity contribution in [1.82, 2.24) is 5.17 Å². The molecule has 0 spiro atoms. The molecule has 0 saturated carbocycles. The van der Waals surface area contributed by atoms with Gasteiger partial charge >= 0.3 is 5.97 Å². The van der Waals surface area contributed by atoms with Crippen LogP contribution in [0, 0.1) is 10.1 Å². The van der Waals surface area contributed by atoms with Crippen LogP contribution in [-0.2, 0) is 14.3 Å². The number of methoxy groups -OCH3 is 1. The first kappa shape index (κ1) is 16.6. The monoisotopic (exact) mass is 375 g/mol. The molecular formula is C12H14BrN3O6. The molecule has 1 aliphatic heterocycles. The van der Waals surface area contributed by atoms with Gasteiger partial charge in [0.25, 0.3) is 5.69 Å². The Balaban J connectivity index is 2.35. The summed E-state index contributed by atoms with van der Waals surface area (Å²) in [7, 11) is 1.20. The van der Waals surface area contributed by atoms with Crippen molar-refractivity contribution in [2.24, 2.45) is 0 Å². The molecule has 1 N–H and O–H groups in total. The first-order valence-electron chi connectivity index (χ1n) is 6.26. The summed E-state index contributed by atoms with van der Waals surface area (Å²) >= 11 is 3.20. The van der Waals surface area contributed by atoms with Crippen molar-refractivity contribution in [3.8, 4) is 0 Å². The van der Waals surface area contributed by atoms with E-state index in [9.17, 15) is 14.9 Å². The molecule has 1 atom stereocenters. The van der Waals surface area contributed by atoms with Gasteiger partial charge in [-0.25, -0.2) is 4.79 Å². The molecule has 1 aromatic rings. The van der Waals surface area contributed by atoms with Crippen molar-refractivity contribution in [3.05, 3.63) is 32.3 Å². The van der Waals surface area contributed by atoms with Crippen LogP contribution < -0.4 is 5.43 Å². The number of hydroxylamine groups is 1. The normalized spacial score (nSPS) is 18.8.